The fourth-order valence-corrected chi connectivity index (χ4v) is 4.78. The van der Waals surface area contributed by atoms with E-state index < -0.39 is 10.0 Å². The smallest absolute Gasteiger partial charge is 0.243 e. The average Bonchev–Trinajstić information content (AvgIpc) is 2.96. The number of rotatable bonds is 3. The van der Waals surface area contributed by atoms with Gasteiger partial charge in [0.2, 0.25) is 10.0 Å². The van der Waals surface area contributed by atoms with Gasteiger partial charge in [0.05, 0.1) is 15.9 Å². The molecule has 0 unspecified atom stereocenters. The van der Waals surface area contributed by atoms with Crippen molar-refractivity contribution in [1.29, 1.82) is 0 Å². The second kappa shape index (κ2) is 5.93. The molecular weight excluding hydrogens is 346 g/mol. The number of fused-ring (bicyclic) bond motifs is 1. The maximum atomic E-state index is 12.8. The second-order valence-corrected chi connectivity index (χ2v) is 9.87. The summed E-state index contributed by atoms with van der Waals surface area (Å²) in [6, 6.07) is 15.1. The van der Waals surface area contributed by atoms with Crippen LogP contribution in [0.3, 0.4) is 0 Å². The van der Waals surface area contributed by atoms with Crippen LogP contribution in [-0.2, 0) is 15.4 Å². The predicted molar refractivity (Wildman–Crippen MR) is 103 cm³/mol. The largest absolute Gasteiger partial charge is 0.342 e. The standard InChI is InChI=1S/C20H23N3O2S/c1-20(2,3)15-8-10-16(11-9-15)26(24,25)23-12-14(13-23)19-21-17-6-4-5-7-18(17)22-19/h4-11,14H,12-13H2,1-3H3,(H,21,22). The summed E-state index contributed by atoms with van der Waals surface area (Å²) in [6.07, 6.45) is 0. The Morgan fingerprint density at radius 1 is 1.04 bits per heavy atom. The van der Waals surface area contributed by atoms with E-state index in [-0.39, 0.29) is 11.3 Å². The number of hydrogen-bond donors (Lipinski definition) is 1. The van der Waals surface area contributed by atoms with Gasteiger partial charge in [0.1, 0.15) is 5.82 Å². The van der Waals surface area contributed by atoms with E-state index in [2.05, 4.69) is 30.7 Å². The molecule has 0 aliphatic carbocycles. The number of imidazole rings is 1. The van der Waals surface area contributed by atoms with Gasteiger partial charge >= 0.3 is 0 Å². The van der Waals surface area contributed by atoms with Crippen molar-refractivity contribution >= 4 is 21.1 Å². The van der Waals surface area contributed by atoms with Crippen molar-refractivity contribution in [3.05, 3.63) is 59.9 Å². The molecule has 1 saturated heterocycles. The molecule has 5 nitrogen and oxygen atoms in total. The van der Waals surface area contributed by atoms with Gasteiger partial charge in [-0.1, -0.05) is 45.0 Å². The highest BCUT2D eigenvalue weighted by Gasteiger charge is 2.39. The Kier molecular flexibility index (Phi) is 3.93. The van der Waals surface area contributed by atoms with Crippen molar-refractivity contribution in [1.82, 2.24) is 14.3 Å². The van der Waals surface area contributed by atoms with Crippen molar-refractivity contribution in [2.24, 2.45) is 0 Å². The molecule has 1 N–H and O–H groups in total. The van der Waals surface area contributed by atoms with E-state index in [0.717, 1.165) is 22.4 Å². The van der Waals surface area contributed by atoms with E-state index in [0.29, 0.717) is 18.0 Å². The zero-order valence-corrected chi connectivity index (χ0v) is 16.0. The Balaban J connectivity index is 1.50. The minimum absolute atomic E-state index is 0.00539. The fraction of sp³-hybridized carbons (Fsp3) is 0.350. The third-order valence-corrected chi connectivity index (χ3v) is 6.85. The number of aromatic nitrogens is 2. The molecule has 1 aromatic heterocycles. The Bertz CT molecular complexity index is 1010. The molecule has 0 atom stereocenters. The number of benzene rings is 2. The highest BCUT2D eigenvalue weighted by Crippen LogP contribution is 2.32. The molecule has 136 valence electrons. The van der Waals surface area contributed by atoms with E-state index in [1.165, 1.54) is 4.31 Å². The first kappa shape index (κ1) is 17.2. The zero-order valence-electron chi connectivity index (χ0n) is 15.2. The van der Waals surface area contributed by atoms with E-state index in [1.54, 1.807) is 12.1 Å². The minimum Gasteiger partial charge on any atom is -0.342 e. The van der Waals surface area contributed by atoms with E-state index in [4.69, 9.17) is 0 Å². The molecule has 0 amide bonds. The SMILES string of the molecule is CC(C)(C)c1ccc(S(=O)(=O)N2CC(c3nc4ccccc4[nH]3)C2)cc1. The monoisotopic (exact) mass is 369 g/mol. The maximum Gasteiger partial charge on any atom is 0.243 e. The average molecular weight is 369 g/mol. The lowest BCUT2D eigenvalue weighted by molar-refractivity contribution is 0.257. The van der Waals surface area contributed by atoms with Crippen molar-refractivity contribution in [3.63, 3.8) is 0 Å². The van der Waals surface area contributed by atoms with Crippen molar-refractivity contribution < 1.29 is 8.42 Å². The highest BCUT2D eigenvalue weighted by molar-refractivity contribution is 7.89. The molecule has 3 aromatic rings. The molecule has 0 radical (unpaired) electrons. The van der Waals surface area contributed by atoms with Gasteiger partial charge in [-0.25, -0.2) is 13.4 Å². The Hall–Kier alpha value is -2.18. The van der Waals surface area contributed by atoms with Crippen LogP contribution >= 0.6 is 0 Å². The molecule has 26 heavy (non-hydrogen) atoms. The van der Waals surface area contributed by atoms with Gasteiger partial charge in [0, 0.05) is 19.0 Å². The van der Waals surface area contributed by atoms with Crippen LogP contribution in [-0.4, -0.2) is 35.8 Å². The predicted octanol–water partition coefficient (Wildman–Crippen LogP) is 3.65. The van der Waals surface area contributed by atoms with Gasteiger partial charge in [-0.05, 0) is 35.2 Å². The molecule has 4 rings (SSSR count). The van der Waals surface area contributed by atoms with Crippen molar-refractivity contribution in [2.75, 3.05) is 13.1 Å². The topological polar surface area (TPSA) is 66.1 Å². The van der Waals surface area contributed by atoms with E-state index in [1.807, 2.05) is 36.4 Å². The summed E-state index contributed by atoms with van der Waals surface area (Å²) in [6.45, 7) is 7.27. The molecule has 0 saturated carbocycles. The number of para-hydroxylation sites is 2. The van der Waals surface area contributed by atoms with Gasteiger partial charge in [-0.3, -0.25) is 0 Å². The summed E-state index contributed by atoms with van der Waals surface area (Å²) in [7, 11) is -3.44. The molecular formula is C20H23N3O2S. The lowest BCUT2D eigenvalue weighted by atomic mass is 9.87. The number of aromatic amines is 1. The van der Waals surface area contributed by atoms with Gasteiger partial charge in [-0.15, -0.1) is 0 Å². The van der Waals surface area contributed by atoms with Gasteiger partial charge < -0.3 is 4.98 Å². The summed E-state index contributed by atoms with van der Waals surface area (Å²) in [4.78, 5) is 8.24. The number of H-pyrrole nitrogens is 1. The molecule has 0 spiro atoms. The van der Waals surface area contributed by atoms with Gasteiger partial charge in [-0.2, -0.15) is 4.31 Å². The number of hydrogen-bond acceptors (Lipinski definition) is 3. The summed E-state index contributed by atoms with van der Waals surface area (Å²) < 4.78 is 27.2. The molecule has 6 heteroatoms. The lowest BCUT2D eigenvalue weighted by Gasteiger charge is -2.37. The first-order chi connectivity index (χ1) is 12.2. The van der Waals surface area contributed by atoms with Crippen LogP contribution in [0.5, 0.6) is 0 Å². The second-order valence-electron chi connectivity index (χ2n) is 7.93. The maximum absolute atomic E-state index is 12.8. The van der Waals surface area contributed by atoms with Crippen molar-refractivity contribution in [2.45, 2.75) is 37.0 Å². The molecule has 1 aliphatic rings. The van der Waals surface area contributed by atoms with Crippen LogP contribution in [0.1, 0.15) is 38.1 Å². The molecule has 2 aromatic carbocycles. The highest BCUT2D eigenvalue weighted by atomic mass is 32.2. The Morgan fingerprint density at radius 3 is 2.31 bits per heavy atom. The van der Waals surface area contributed by atoms with Crippen LogP contribution < -0.4 is 0 Å². The summed E-state index contributed by atoms with van der Waals surface area (Å²) in [5.41, 5.74) is 3.04. The molecule has 1 aliphatic heterocycles. The normalized spacial score (nSPS) is 16.7. The summed E-state index contributed by atoms with van der Waals surface area (Å²) in [5, 5.41) is 0. The quantitative estimate of drug-likeness (QED) is 0.766. The van der Waals surface area contributed by atoms with Crippen LogP contribution in [0, 0.1) is 0 Å². The zero-order chi connectivity index (χ0) is 18.5. The number of sulfonamides is 1. The molecule has 0 bridgehead atoms. The van der Waals surface area contributed by atoms with Crippen LogP contribution in [0.25, 0.3) is 11.0 Å². The third kappa shape index (κ3) is 2.93. The van der Waals surface area contributed by atoms with Gasteiger partial charge in [0.15, 0.2) is 0 Å². The summed E-state index contributed by atoms with van der Waals surface area (Å²) in [5.74, 6) is 0.978. The fourth-order valence-electron chi connectivity index (χ4n) is 3.25. The first-order valence-electron chi connectivity index (χ1n) is 8.80. The molecule has 2 heterocycles. The van der Waals surface area contributed by atoms with E-state index >= 15 is 0 Å². The summed E-state index contributed by atoms with van der Waals surface area (Å²) >= 11 is 0. The van der Waals surface area contributed by atoms with Crippen LogP contribution in [0.4, 0.5) is 0 Å². The Labute approximate surface area is 154 Å². The van der Waals surface area contributed by atoms with Crippen molar-refractivity contribution in [3.8, 4) is 0 Å². The number of nitrogens with zero attached hydrogens (tertiary/aromatic N) is 2. The molecule has 1 fully saturated rings. The minimum atomic E-state index is -3.44. The Morgan fingerprint density at radius 2 is 1.69 bits per heavy atom. The van der Waals surface area contributed by atoms with Crippen LogP contribution in [0.2, 0.25) is 0 Å². The van der Waals surface area contributed by atoms with Crippen LogP contribution in [0.15, 0.2) is 53.4 Å². The lowest BCUT2D eigenvalue weighted by Crippen LogP contribution is -2.48. The van der Waals surface area contributed by atoms with Gasteiger partial charge in [0.25, 0.3) is 0 Å². The third-order valence-electron chi connectivity index (χ3n) is 5.00. The number of nitrogens with one attached hydrogen (secondary N) is 1. The van der Waals surface area contributed by atoms with E-state index in [9.17, 15) is 8.42 Å². The first-order valence-corrected chi connectivity index (χ1v) is 10.2.